The second-order valence-corrected chi connectivity index (χ2v) is 5.61. The molecule has 0 atom stereocenters. The summed E-state index contributed by atoms with van der Waals surface area (Å²) in [5.41, 5.74) is 1.26. The predicted molar refractivity (Wildman–Crippen MR) is 64.3 cm³/mol. The summed E-state index contributed by atoms with van der Waals surface area (Å²) in [4.78, 5) is 1.99. The topological polar surface area (TPSA) is 23.8 Å². The minimum Gasteiger partial charge on any atom is -0.192 e. The van der Waals surface area contributed by atoms with Gasteiger partial charge >= 0.3 is 0 Å². The van der Waals surface area contributed by atoms with Crippen LogP contribution in [0.25, 0.3) is 0 Å². The number of hydrogen-bond acceptors (Lipinski definition) is 3. The smallest absolute Gasteiger partial charge is 0.110 e. The molecule has 1 aromatic carbocycles. The Morgan fingerprint density at radius 3 is 2.80 bits per heavy atom. The average molecular weight is 231 g/mol. The molecular formula is C12H9NS2. The van der Waals surface area contributed by atoms with Gasteiger partial charge in [0.25, 0.3) is 0 Å². The molecule has 0 saturated carbocycles. The molecule has 0 bridgehead atoms. The summed E-state index contributed by atoms with van der Waals surface area (Å²) in [5, 5.41) is 8.71. The van der Waals surface area contributed by atoms with Crippen LogP contribution in [0.15, 0.2) is 45.5 Å². The number of thiophene rings is 1. The Bertz CT molecular complexity index is 508. The van der Waals surface area contributed by atoms with Crippen LogP contribution in [-0.4, -0.2) is 0 Å². The van der Waals surface area contributed by atoms with Crippen molar-refractivity contribution in [3.63, 3.8) is 0 Å². The van der Waals surface area contributed by atoms with Crippen LogP contribution >= 0.6 is 23.1 Å². The quantitative estimate of drug-likeness (QED) is 0.777. The molecule has 1 aromatic heterocycles. The average Bonchev–Trinajstić information content (AvgIpc) is 2.65. The third-order valence-electron chi connectivity index (χ3n) is 1.90. The van der Waals surface area contributed by atoms with E-state index >= 15 is 0 Å². The number of nitrogens with zero attached hydrogens (tertiary/aromatic N) is 1. The largest absolute Gasteiger partial charge is 0.192 e. The van der Waals surface area contributed by atoms with Gasteiger partial charge in [-0.1, -0.05) is 29.5 Å². The van der Waals surface area contributed by atoms with E-state index in [1.165, 1.54) is 21.8 Å². The second-order valence-electron chi connectivity index (χ2n) is 3.15. The van der Waals surface area contributed by atoms with Gasteiger partial charge in [-0.3, -0.25) is 0 Å². The SMILES string of the molecule is Cc1cccc(Sc2ccc(C#N)s2)c1. The highest BCUT2D eigenvalue weighted by atomic mass is 32.2. The van der Waals surface area contributed by atoms with Gasteiger partial charge in [-0.2, -0.15) is 5.26 Å². The highest BCUT2D eigenvalue weighted by molar-refractivity contribution is 8.01. The summed E-state index contributed by atoms with van der Waals surface area (Å²) < 4.78 is 1.16. The lowest BCUT2D eigenvalue weighted by Gasteiger charge is -1.98. The van der Waals surface area contributed by atoms with Crippen LogP contribution in [0.3, 0.4) is 0 Å². The zero-order valence-electron chi connectivity index (χ0n) is 8.23. The van der Waals surface area contributed by atoms with E-state index in [1.54, 1.807) is 11.8 Å². The number of rotatable bonds is 2. The van der Waals surface area contributed by atoms with Crippen molar-refractivity contribution in [3.05, 3.63) is 46.8 Å². The molecule has 1 heterocycles. The summed E-state index contributed by atoms with van der Waals surface area (Å²) in [6.45, 7) is 2.08. The van der Waals surface area contributed by atoms with E-state index < -0.39 is 0 Å². The van der Waals surface area contributed by atoms with Crippen molar-refractivity contribution in [1.82, 2.24) is 0 Å². The van der Waals surface area contributed by atoms with E-state index in [0.717, 1.165) is 9.09 Å². The zero-order chi connectivity index (χ0) is 10.7. The summed E-state index contributed by atoms with van der Waals surface area (Å²) in [5.74, 6) is 0. The molecule has 0 spiro atoms. The third kappa shape index (κ3) is 2.62. The number of aryl methyl sites for hydroxylation is 1. The first kappa shape index (κ1) is 10.3. The van der Waals surface area contributed by atoms with E-state index in [-0.39, 0.29) is 0 Å². The Balaban J connectivity index is 2.19. The van der Waals surface area contributed by atoms with Crippen LogP contribution in [0.5, 0.6) is 0 Å². The Morgan fingerprint density at radius 1 is 1.27 bits per heavy atom. The fourth-order valence-corrected chi connectivity index (χ4v) is 3.25. The molecule has 0 N–H and O–H groups in total. The lowest BCUT2D eigenvalue weighted by Crippen LogP contribution is -1.72. The Kier molecular flexibility index (Phi) is 3.10. The summed E-state index contributed by atoms with van der Waals surface area (Å²) in [6, 6.07) is 14.4. The molecule has 2 aromatic rings. The van der Waals surface area contributed by atoms with Gasteiger partial charge in [-0.05, 0) is 31.2 Å². The fraction of sp³-hybridized carbons (Fsp3) is 0.0833. The van der Waals surface area contributed by atoms with Gasteiger partial charge in [0, 0.05) is 4.90 Å². The van der Waals surface area contributed by atoms with E-state index in [2.05, 4.69) is 37.3 Å². The molecule has 0 radical (unpaired) electrons. The zero-order valence-corrected chi connectivity index (χ0v) is 9.86. The molecule has 1 nitrogen and oxygen atoms in total. The Morgan fingerprint density at radius 2 is 2.13 bits per heavy atom. The number of hydrogen-bond donors (Lipinski definition) is 0. The molecule has 74 valence electrons. The molecule has 0 unspecified atom stereocenters. The predicted octanol–water partition coefficient (Wildman–Crippen LogP) is 4.08. The van der Waals surface area contributed by atoms with E-state index in [9.17, 15) is 0 Å². The van der Waals surface area contributed by atoms with Crippen molar-refractivity contribution in [3.8, 4) is 6.07 Å². The van der Waals surface area contributed by atoms with Crippen molar-refractivity contribution in [2.75, 3.05) is 0 Å². The minimum absolute atomic E-state index is 0.769. The molecule has 0 fully saturated rings. The van der Waals surface area contributed by atoms with E-state index in [0.29, 0.717) is 0 Å². The lowest BCUT2D eigenvalue weighted by atomic mass is 10.2. The standard InChI is InChI=1S/C12H9NS2/c1-9-3-2-4-10(7-9)14-12-6-5-11(8-13)15-12/h2-7H,1H3. The molecule has 15 heavy (non-hydrogen) atoms. The van der Waals surface area contributed by atoms with Crippen LogP contribution in [0.4, 0.5) is 0 Å². The van der Waals surface area contributed by atoms with E-state index in [1.807, 2.05) is 12.1 Å². The summed E-state index contributed by atoms with van der Waals surface area (Å²) >= 11 is 3.24. The Hall–Kier alpha value is -1.24. The van der Waals surface area contributed by atoms with Crippen molar-refractivity contribution in [2.45, 2.75) is 16.0 Å². The molecule has 0 aliphatic heterocycles. The summed E-state index contributed by atoms with van der Waals surface area (Å²) in [7, 11) is 0. The van der Waals surface area contributed by atoms with Gasteiger partial charge in [0.1, 0.15) is 10.9 Å². The molecule has 0 saturated heterocycles. The number of benzene rings is 1. The van der Waals surface area contributed by atoms with E-state index in [4.69, 9.17) is 5.26 Å². The monoisotopic (exact) mass is 231 g/mol. The Labute approximate surface area is 97.4 Å². The first-order valence-electron chi connectivity index (χ1n) is 4.52. The normalized spacial score (nSPS) is 9.87. The van der Waals surface area contributed by atoms with Crippen LogP contribution in [0.2, 0.25) is 0 Å². The maximum absolute atomic E-state index is 8.71. The first-order valence-corrected chi connectivity index (χ1v) is 6.16. The van der Waals surface area contributed by atoms with Gasteiger partial charge in [0.15, 0.2) is 0 Å². The van der Waals surface area contributed by atoms with Crippen LogP contribution in [-0.2, 0) is 0 Å². The van der Waals surface area contributed by atoms with Gasteiger partial charge in [0.05, 0.1) is 4.21 Å². The molecule has 0 aliphatic rings. The highest BCUT2D eigenvalue weighted by Gasteiger charge is 2.01. The van der Waals surface area contributed by atoms with Gasteiger partial charge in [0.2, 0.25) is 0 Å². The van der Waals surface area contributed by atoms with Crippen molar-refractivity contribution in [2.24, 2.45) is 0 Å². The van der Waals surface area contributed by atoms with Gasteiger partial charge in [-0.15, -0.1) is 11.3 Å². The van der Waals surface area contributed by atoms with Crippen molar-refractivity contribution < 1.29 is 0 Å². The maximum Gasteiger partial charge on any atom is 0.110 e. The first-order chi connectivity index (χ1) is 7.28. The van der Waals surface area contributed by atoms with Gasteiger partial charge in [-0.25, -0.2) is 0 Å². The molecule has 2 rings (SSSR count). The van der Waals surface area contributed by atoms with Crippen LogP contribution in [0, 0.1) is 18.3 Å². The minimum atomic E-state index is 0.769. The second kappa shape index (κ2) is 4.52. The highest BCUT2D eigenvalue weighted by Crippen LogP contribution is 2.33. The summed E-state index contributed by atoms with van der Waals surface area (Å²) in [6.07, 6.45) is 0. The van der Waals surface area contributed by atoms with Crippen molar-refractivity contribution >= 4 is 23.1 Å². The molecule has 0 aliphatic carbocycles. The molecule has 0 amide bonds. The lowest BCUT2D eigenvalue weighted by molar-refractivity contribution is 1.36. The third-order valence-corrected chi connectivity index (χ3v) is 4.01. The fourth-order valence-electron chi connectivity index (χ4n) is 1.23. The van der Waals surface area contributed by atoms with Gasteiger partial charge < -0.3 is 0 Å². The molecular weight excluding hydrogens is 222 g/mol. The van der Waals surface area contributed by atoms with Crippen molar-refractivity contribution in [1.29, 1.82) is 5.26 Å². The van der Waals surface area contributed by atoms with Crippen LogP contribution in [0.1, 0.15) is 10.4 Å². The van der Waals surface area contributed by atoms with Crippen LogP contribution < -0.4 is 0 Å². The molecule has 3 heteroatoms. The maximum atomic E-state index is 8.71. The number of nitriles is 1.